The van der Waals surface area contributed by atoms with Gasteiger partial charge in [-0.3, -0.25) is 19.7 Å². The van der Waals surface area contributed by atoms with Crippen LogP contribution in [0.3, 0.4) is 0 Å². The number of urea groups is 1. The van der Waals surface area contributed by atoms with Gasteiger partial charge < -0.3 is 15.5 Å². The van der Waals surface area contributed by atoms with E-state index in [2.05, 4.69) is 16.0 Å². The second kappa shape index (κ2) is 8.87. The number of likely N-dealkylation sites (tertiary alicyclic amines) is 1. The smallest absolute Gasteiger partial charge is 0.322 e. The summed E-state index contributed by atoms with van der Waals surface area (Å²) in [6.07, 6.45) is 1.42. The maximum absolute atomic E-state index is 13.3. The molecule has 3 aromatic rings. The molecule has 0 saturated carbocycles. The fourth-order valence-electron chi connectivity index (χ4n) is 4.86. The largest absolute Gasteiger partial charge is 0.338 e. The third-order valence-corrected chi connectivity index (χ3v) is 6.85. The quantitative estimate of drug-likeness (QED) is 0.508. The normalized spacial score (nSPS) is 22.0. The number of benzene rings is 3. The SMILES string of the molecule is CC1(c2cccc(NC(=O)C3CCCN(C(=O)c4cccc5ccccc45)C3)c2)NC(=O)NC1=O. The molecular formula is C27H26N4O4. The molecule has 3 aromatic carbocycles. The fraction of sp³-hybridized carbons (Fsp3) is 0.259. The van der Waals surface area contributed by atoms with Crippen molar-refractivity contribution in [1.29, 1.82) is 0 Å². The number of piperidine rings is 1. The highest BCUT2D eigenvalue weighted by molar-refractivity contribution is 6.08. The number of nitrogens with one attached hydrogen (secondary N) is 3. The maximum Gasteiger partial charge on any atom is 0.322 e. The van der Waals surface area contributed by atoms with Crippen LogP contribution in [0, 0.1) is 5.92 Å². The Bertz CT molecular complexity index is 1350. The minimum absolute atomic E-state index is 0.0720. The molecule has 2 aliphatic heterocycles. The first-order valence-corrected chi connectivity index (χ1v) is 11.7. The fourth-order valence-corrected chi connectivity index (χ4v) is 4.86. The number of anilines is 1. The van der Waals surface area contributed by atoms with E-state index in [-0.39, 0.29) is 17.7 Å². The first-order valence-electron chi connectivity index (χ1n) is 11.7. The Morgan fingerprint density at radius 2 is 1.80 bits per heavy atom. The Morgan fingerprint density at radius 1 is 1.03 bits per heavy atom. The summed E-state index contributed by atoms with van der Waals surface area (Å²) >= 11 is 0. The van der Waals surface area contributed by atoms with Crippen LogP contribution < -0.4 is 16.0 Å². The highest BCUT2D eigenvalue weighted by Gasteiger charge is 2.43. The predicted octanol–water partition coefficient (Wildman–Crippen LogP) is 3.39. The van der Waals surface area contributed by atoms with E-state index in [1.54, 1.807) is 36.1 Å². The van der Waals surface area contributed by atoms with Crippen LogP contribution in [-0.2, 0) is 15.1 Å². The van der Waals surface area contributed by atoms with Crippen molar-refractivity contribution in [2.45, 2.75) is 25.3 Å². The molecule has 2 saturated heterocycles. The zero-order chi connectivity index (χ0) is 24.6. The zero-order valence-electron chi connectivity index (χ0n) is 19.3. The predicted molar refractivity (Wildman–Crippen MR) is 132 cm³/mol. The molecule has 3 N–H and O–H groups in total. The van der Waals surface area contributed by atoms with E-state index in [1.165, 1.54) is 0 Å². The average molecular weight is 471 g/mol. The molecule has 2 heterocycles. The van der Waals surface area contributed by atoms with Gasteiger partial charge in [-0.05, 0) is 54.3 Å². The van der Waals surface area contributed by atoms with Crippen molar-refractivity contribution in [1.82, 2.24) is 15.5 Å². The lowest BCUT2D eigenvalue weighted by molar-refractivity contribution is -0.123. The summed E-state index contributed by atoms with van der Waals surface area (Å²) in [6.45, 7) is 2.56. The highest BCUT2D eigenvalue weighted by Crippen LogP contribution is 2.28. The van der Waals surface area contributed by atoms with Gasteiger partial charge in [0.1, 0.15) is 5.54 Å². The molecule has 5 amide bonds. The molecule has 0 bridgehead atoms. The molecule has 0 radical (unpaired) electrons. The van der Waals surface area contributed by atoms with Gasteiger partial charge in [0.05, 0.1) is 5.92 Å². The molecular weight excluding hydrogens is 444 g/mol. The molecule has 8 heteroatoms. The van der Waals surface area contributed by atoms with Gasteiger partial charge in [0.25, 0.3) is 11.8 Å². The lowest BCUT2D eigenvalue weighted by atomic mass is 9.91. The Balaban J connectivity index is 1.30. The number of nitrogens with zero attached hydrogens (tertiary/aromatic N) is 1. The Labute approximate surface area is 202 Å². The van der Waals surface area contributed by atoms with E-state index in [9.17, 15) is 19.2 Å². The van der Waals surface area contributed by atoms with Crippen molar-refractivity contribution >= 4 is 40.2 Å². The molecule has 0 aromatic heterocycles. The number of hydrogen-bond acceptors (Lipinski definition) is 4. The molecule has 8 nitrogen and oxygen atoms in total. The summed E-state index contributed by atoms with van der Waals surface area (Å²) in [6, 6.07) is 19.8. The molecule has 0 spiro atoms. The van der Waals surface area contributed by atoms with Gasteiger partial charge in [-0.25, -0.2) is 4.79 Å². The first-order chi connectivity index (χ1) is 16.8. The summed E-state index contributed by atoms with van der Waals surface area (Å²) in [7, 11) is 0. The zero-order valence-corrected chi connectivity index (χ0v) is 19.3. The van der Waals surface area contributed by atoms with Crippen LogP contribution >= 0.6 is 0 Å². The van der Waals surface area contributed by atoms with E-state index < -0.39 is 17.5 Å². The summed E-state index contributed by atoms with van der Waals surface area (Å²) < 4.78 is 0. The number of fused-ring (bicyclic) bond motifs is 1. The topological polar surface area (TPSA) is 108 Å². The third-order valence-electron chi connectivity index (χ3n) is 6.85. The van der Waals surface area contributed by atoms with Crippen LogP contribution in [-0.4, -0.2) is 41.7 Å². The summed E-state index contributed by atoms with van der Waals surface area (Å²) in [4.78, 5) is 52.1. The Hall–Kier alpha value is -4.20. The minimum atomic E-state index is -1.20. The average Bonchev–Trinajstić information content (AvgIpc) is 3.15. The van der Waals surface area contributed by atoms with Crippen LogP contribution in [0.25, 0.3) is 10.8 Å². The lowest BCUT2D eigenvalue weighted by Crippen LogP contribution is -2.44. The van der Waals surface area contributed by atoms with Gasteiger partial charge in [0.15, 0.2) is 0 Å². The van der Waals surface area contributed by atoms with Gasteiger partial charge in [0, 0.05) is 24.3 Å². The van der Waals surface area contributed by atoms with E-state index in [0.29, 0.717) is 36.3 Å². The molecule has 2 unspecified atom stereocenters. The molecule has 35 heavy (non-hydrogen) atoms. The van der Waals surface area contributed by atoms with Crippen molar-refractivity contribution in [3.63, 3.8) is 0 Å². The number of amides is 5. The number of imide groups is 1. The first kappa shape index (κ1) is 22.6. The van der Waals surface area contributed by atoms with Gasteiger partial charge in [-0.1, -0.05) is 48.5 Å². The molecule has 0 aliphatic carbocycles. The minimum Gasteiger partial charge on any atom is -0.338 e. The Morgan fingerprint density at radius 3 is 2.60 bits per heavy atom. The van der Waals surface area contributed by atoms with Crippen LogP contribution in [0.4, 0.5) is 10.5 Å². The molecule has 5 rings (SSSR count). The number of rotatable bonds is 4. The van der Waals surface area contributed by atoms with Gasteiger partial charge in [-0.2, -0.15) is 0 Å². The van der Waals surface area contributed by atoms with Crippen LogP contribution in [0.15, 0.2) is 66.7 Å². The van der Waals surface area contributed by atoms with Gasteiger partial charge in [-0.15, -0.1) is 0 Å². The molecule has 2 atom stereocenters. The summed E-state index contributed by atoms with van der Waals surface area (Å²) in [5, 5.41) is 9.71. The van der Waals surface area contributed by atoms with Crippen LogP contribution in [0.2, 0.25) is 0 Å². The van der Waals surface area contributed by atoms with Crippen molar-refractivity contribution < 1.29 is 19.2 Å². The molecule has 178 valence electrons. The van der Waals surface area contributed by atoms with E-state index in [1.807, 2.05) is 42.5 Å². The second-order valence-corrected chi connectivity index (χ2v) is 9.22. The van der Waals surface area contributed by atoms with Crippen LogP contribution in [0.1, 0.15) is 35.7 Å². The molecule has 2 aliphatic rings. The summed E-state index contributed by atoms with van der Waals surface area (Å²) in [5.74, 6) is -1.04. The Kier molecular flexibility index (Phi) is 5.72. The standard InChI is InChI=1S/C27H26N4O4/c1-27(25(34)29-26(35)30-27)19-10-5-11-20(15-19)28-23(32)18-9-6-14-31(16-18)24(33)22-13-4-8-17-7-2-3-12-21(17)22/h2-5,7-8,10-13,15,18H,6,9,14,16H2,1H3,(H,28,32)(H2,29,30,34,35). The highest BCUT2D eigenvalue weighted by atomic mass is 16.2. The monoisotopic (exact) mass is 470 g/mol. The third kappa shape index (κ3) is 4.23. The van der Waals surface area contributed by atoms with E-state index in [4.69, 9.17) is 0 Å². The number of carbonyl (C=O) groups excluding carboxylic acids is 4. The lowest BCUT2D eigenvalue weighted by Gasteiger charge is -2.32. The van der Waals surface area contributed by atoms with Gasteiger partial charge in [0.2, 0.25) is 5.91 Å². The van der Waals surface area contributed by atoms with Gasteiger partial charge >= 0.3 is 6.03 Å². The van der Waals surface area contributed by atoms with Crippen molar-refractivity contribution in [3.8, 4) is 0 Å². The van der Waals surface area contributed by atoms with E-state index in [0.717, 1.165) is 17.2 Å². The second-order valence-electron chi connectivity index (χ2n) is 9.22. The number of carbonyl (C=O) groups is 4. The summed E-state index contributed by atoms with van der Waals surface area (Å²) in [5.41, 5.74) is 0.530. The maximum atomic E-state index is 13.3. The van der Waals surface area contributed by atoms with Crippen molar-refractivity contribution in [3.05, 3.63) is 77.9 Å². The van der Waals surface area contributed by atoms with Crippen molar-refractivity contribution in [2.24, 2.45) is 5.92 Å². The number of hydrogen-bond donors (Lipinski definition) is 3. The van der Waals surface area contributed by atoms with Crippen molar-refractivity contribution in [2.75, 3.05) is 18.4 Å². The van der Waals surface area contributed by atoms with E-state index >= 15 is 0 Å². The molecule has 2 fully saturated rings. The van der Waals surface area contributed by atoms with Crippen LogP contribution in [0.5, 0.6) is 0 Å².